The molecule has 0 saturated heterocycles. The first-order valence-corrected chi connectivity index (χ1v) is 12.2. The Labute approximate surface area is 198 Å². The van der Waals surface area contributed by atoms with E-state index in [1.165, 1.54) is 11.0 Å². The topological polar surface area (TPSA) is 105 Å². The Bertz CT molecular complexity index is 1350. The lowest BCUT2D eigenvalue weighted by Gasteiger charge is -2.29. The predicted molar refractivity (Wildman–Crippen MR) is 131 cm³/mol. The number of benzene rings is 3. The van der Waals surface area contributed by atoms with E-state index in [2.05, 4.69) is 10.0 Å². The van der Waals surface area contributed by atoms with Gasteiger partial charge >= 0.3 is 0 Å². The third-order valence-corrected chi connectivity index (χ3v) is 6.93. The number of anilines is 3. The van der Waals surface area contributed by atoms with Crippen LogP contribution in [0.4, 0.5) is 17.1 Å². The standard InChI is InChI=1S/C25H25N3O5S/c1-17-6-5-7-20(14-17)27-34(31,32)23-15-19(11-10-18(23)2)26-24(29)12-13-28-21-8-3-4-9-22(21)33-16-25(28)30/h3-11,14-15,27H,12-13,16H2,1-2H3,(H,26,29). The lowest BCUT2D eigenvalue weighted by molar-refractivity contribution is -0.121. The largest absolute Gasteiger partial charge is 0.482 e. The summed E-state index contributed by atoms with van der Waals surface area (Å²) in [6, 6.07) is 18.9. The molecule has 4 rings (SSSR count). The number of nitrogens with zero attached hydrogens (tertiary/aromatic N) is 1. The molecule has 34 heavy (non-hydrogen) atoms. The number of para-hydroxylation sites is 2. The van der Waals surface area contributed by atoms with Gasteiger partial charge in [-0.2, -0.15) is 0 Å². The minimum absolute atomic E-state index is 0.0393. The molecule has 1 aliphatic rings. The maximum atomic E-state index is 13.0. The number of hydrogen-bond donors (Lipinski definition) is 2. The molecule has 0 aliphatic carbocycles. The summed E-state index contributed by atoms with van der Waals surface area (Å²) in [6.07, 6.45) is 0.0393. The van der Waals surface area contributed by atoms with Crippen molar-refractivity contribution in [3.63, 3.8) is 0 Å². The SMILES string of the molecule is Cc1cccc(NS(=O)(=O)c2cc(NC(=O)CCN3C(=O)COc4ccccc43)ccc2C)c1. The lowest BCUT2D eigenvalue weighted by Crippen LogP contribution is -2.40. The lowest BCUT2D eigenvalue weighted by atomic mass is 10.2. The second-order valence-electron chi connectivity index (χ2n) is 8.06. The van der Waals surface area contributed by atoms with E-state index < -0.39 is 10.0 Å². The molecule has 2 N–H and O–H groups in total. The Kier molecular flexibility index (Phi) is 6.56. The molecule has 3 aromatic rings. The molecule has 0 radical (unpaired) electrons. The van der Waals surface area contributed by atoms with Crippen molar-refractivity contribution in [3.05, 3.63) is 77.9 Å². The second-order valence-corrected chi connectivity index (χ2v) is 9.71. The summed E-state index contributed by atoms with van der Waals surface area (Å²) in [5.41, 5.74) is 2.92. The number of ether oxygens (including phenoxy) is 1. The van der Waals surface area contributed by atoms with Crippen LogP contribution in [0.15, 0.2) is 71.6 Å². The molecule has 8 nitrogen and oxygen atoms in total. The van der Waals surface area contributed by atoms with E-state index in [4.69, 9.17) is 4.74 Å². The second kappa shape index (κ2) is 9.56. The first-order valence-electron chi connectivity index (χ1n) is 10.7. The van der Waals surface area contributed by atoms with Crippen molar-refractivity contribution in [1.29, 1.82) is 0 Å². The van der Waals surface area contributed by atoms with Crippen LogP contribution in [0.2, 0.25) is 0 Å². The summed E-state index contributed by atoms with van der Waals surface area (Å²) < 4.78 is 34.0. The fourth-order valence-electron chi connectivity index (χ4n) is 3.72. The van der Waals surface area contributed by atoms with Gasteiger partial charge in [0, 0.05) is 24.3 Å². The molecule has 0 saturated carbocycles. The Morgan fingerprint density at radius 2 is 1.79 bits per heavy atom. The molecule has 1 heterocycles. The monoisotopic (exact) mass is 479 g/mol. The Balaban J connectivity index is 1.45. The minimum Gasteiger partial charge on any atom is -0.482 e. The summed E-state index contributed by atoms with van der Waals surface area (Å²) in [5, 5.41) is 2.73. The van der Waals surface area contributed by atoms with Crippen molar-refractivity contribution < 1.29 is 22.7 Å². The van der Waals surface area contributed by atoms with Crippen LogP contribution in [-0.2, 0) is 19.6 Å². The molecule has 0 aromatic heterocycles. The van der Waals surface area contributed by atoms with Gasteiger partial charge in [0.15, 0.2) is 6.61 Å². The number of sulfonamides is 1. The summed E-state index contributed by atoms with van der Waals surface area (Å²) >= 11 is 0. The first kappa shape index (κ1) is 23.3. The molecule has 1 aliphatic heterocycles. The Morgan fingerprint density at radius 3 is 2.59 bits per heavy atom. The number of amides is 2. The van der Waals surface area contributed by atoms with Crippen LogP contribution in [0.5, 0.6) is 5.75 Å². The maximum Gasteiger partial charge on any atom is 0.265 e. The third-order valence-electron chi connectivity index (χ3n) is 5.40. The van der Waals surface area contributed by atoms with Crippen LogP contribution in [0.1, 0.15) is 17.5 Å². The highest BCUT2D eigenvalue weighted by Gasteiger charge is 2.25. The zero-order chi connectivity index (χ0) is 24.3. The summed E-state index contributed by atoms with van der Waals surface area (Å²) in [6.45, 7) is 3.67. The van der Waals surface area contributed by atoms with E-state index in [-0.39, 0.29) is 36.3 Å². The van der Waals surface area contributed by atoms with Gasteiger partial charge < -0.3 is 15.0 Å². The van der Waals surface area contributed by atoms with Crippen molar-refractivity contribution in [2.45, 2.75) is 25.2 Å². The van der Waals surface area contributed by atoms with Gasteiger partial charge in [-0.05, 0) is 61.4 Å². The number of fused-ring (bicyclic) bond motifs is 1. The van der Waals surface area contributed by atoms with Gasteiger partial charge in [-0.15, -0.1) is 0 Å². The molecule has 3 aromatic carbocycles. The zero-order valence-corrected chi connectivity index (χ0v) is 19.7. The van der Waals surface area contributed by atoms with Gasteiger partial charge in [-0.25, -0.2) is 8.42 Å². The predicted octanol–water partition coefficient (Wildman–Crippen LogP) is 3.86. The van der Waals surface area contributed by atoms with E-state index in [9.17, 15) is 18.0 Å². The molecule has 0 bridgehead atoms. The molecule has 0 fully saturated rings. The molecule has 9 heteroatoms. The van der Waals surface area contributed by atoms with E-state index in [0.29, 0.717) is 28.4 Å². The minimum atomic E-state index is -3.86. The summed E-state index contributed by atoms with van der Waals surface area (Å²) in [4.78, 5) is 26.5. The number of rotatable bonds is 7. The normalized spacial score (nSPS) is 13.1. The average Bonchev–Trinajstić information content (AvgIpc) is 2.79. The molecule has 176 valence electrons. The van der Waals surface area contributed by atoms with Crippen molar-refractivity contribution in [3.8, 4) is 5.75 Å². The van der Waals surface area contributed by atoms with E-state index >= 15 is 0 Å². The van der Waals surface area contributed by atoms with Crippen molar-refractivity contribution in [2.24, 2.45) is 0 Å². The highest BCUT2D eigenvalue weighted by Crippen LogP contribution is 2.31. The average molecular weight is 480 g/mol. The summed E-state index contributed by atoms with van der Waals surface area (Å²) in [5.74, 6) is 0.0325. The molecule has 2 amide bonds. The van der Waals surface area contributed by atoms with Crippen LogP contribution < -0.4 is 19.7 Å². The van der Waals surface area contributed by atoms with Gasteiger partial charge in [0.2, 0.25) is 5.91 Å². The van der Waals surface area contributed by atoms with Gasteiger partial charge in [0.25, 0.3) is 15.9 Å². The fourth-order valence-corrected chi connectivity index (χ4v) is 5.04. The maximum absolute atomic E-state index is 13.0. The summed E-state index contributed by atoms with van der Waals surface area (Å²) in [7, 11) is -3.86. The van der Waals surface area contributed by atoms with Crippen molar-refractivity contribution in [2.75, 3.05) is 28.1 Å². The first-order chi connectivity index (χ1) is 16.2. The smallest absolute Gasteiger partial charge is 0.265 e. The number of carbonyl (C=O) groups excluding carboxylic acids is 2. The quantitative estimate of drug-likeness (QED) is 0.536. The fraction of sp³-hybridized carbons (Fsp3) is 0.200. The Morgan fingerprint density at radius 1 is 1.00 bits per heavy atom. The number of hydrogen-bond acceptors (Lipinski definition) is 5. The van der Waals surface area contributed by atoms with Gasteiger partial charge in [0.05, 0.1) is 10.6 Å². The van der Waals surface area contributed by atoms with E-state index in [1.54, 1.807) is 55.5 Å². The molecule has 0 unspecified atom stereocenters. The van der Waals surface area contributed by atoms with Crippen LogP contribution in [0, 0.1) is 13.8 Å². The van der Waals surface area contributed by atoms with Crippen molar-refractivity contribution in [1.82, 2.24) is 0 Å². The Hall–Kier alpha value is -3.85. The van der Waals surface area contributed by atoms with E-state index in [1.807, 2.05) is 19.1 Å². The van der Waals surface area contributed by atoms with Crippen LogP contribution in [0.3, 0.4) is 0 Å². The van der Waals surface area contributed by atoms with Gasteiger partial charge in [-0.3, -0.25) is 14.3 Å². The van der Waals surface area contributed by atoms with Crippen LogP contribution in [0.25, 0.3) is 0 Å². The van der Waals surface area contributed by atoms with Gasteiger partial charge in [0.1, 0.15) is 5.75 Å². The van der Waals surface area contributed by atoms with Crippen LogP contribution >= 0.6 is 0 Å². The van der Waals surface area contributed by atoms with Gasteiger partial charge in [-0.1, -0.05) is 30.3 Å². The van der Waals surface area contributed by atoms with Crippen molar-refractivity contribution >= 4 is 38.9 Å². The molecule has 0 atom stereocenters. The third kappa shape index (κ3) is 5.20. The highest BCUT2D eigenvalue weighted by atomic mass is 32.2. The molecular weight excluding hydrogens is 454 g/mol. The number of aryl methyl sites for hydroxylation is 2. The number of nitrogens with one attached hydrogen (secondary N) is 2. The highest BCUT2D eigenvalue weighted by molar-refractivity contribution is 7.92. The van der Waals surface area contributed by atoms with E-state index in [0.717, 1.165) is 5.56 Å². The number of carbonyl (C=O) groups is 2. The molecular formula is C25H25N3O5S. The van der Waals surface area contributed by atoms with Crippen LogP contribution in [-0.4, -0.2) is 33.4 Å². The zero-order valence-electron chi connectivity index (χ0n) is 18.9. The molecule has 0 spiro atoms.